The van der Waals surface area contributed by atoms with Crippen LogP contribution in [-0.2, 0) is 0 Å². The quantitative estimate of drug-likeness (QED) is 0.319. The van der Waals surface area contributed by atoms with Gasteiger partial charge in [0.05, 0.1) is 5.09 Å². The molecule has 10 heteroatoms. The Kier molecular flexibility index (Phi) is 475. The number of nitrogens with zero attached hydrogens (tertiary/aromatic N) is 1. The Labute approximate surface area is 87.4 Å². The topological polar surface area (TPSA) is 224 Å². The Balaban J connectivity index is -0.00000000300. The van der Waals surface area contributed by atoms with Crippen molar-refractivity contribution in [3.63, 3.8) is 0 Å². The Morgan fingerprint density at radius 1 is 0.800 bits per heavy atom. The summed E-state index contributed by atoms with van der Waals surface area (Å²) in [5, 5.41) is 14.8. The molecule has 72 valence electrons. The van der Waals surface area contributed by atoms with E-state index in [-0.39, 0.29) is 67.3 Å². The van der Waals surface area contributed by atoms with Crippen molar-refractivity contribution in [2.45, 2.75) is 0 Å². The van der Waals surface area contributed by atoms with Gasteiger partial charge in [0.1, 0.15) is 0 Å². The van der Waals surface area contributed by atoms with Gasteiger partial charge in [-0.2, -0.15) is 0 Å². The van der Waals surface area contributed by atoms with Crippen molar-refractivity contribution in [1.29, 1.82) is 0 Å². The first-order valence-electron chi connectivity index (χ1n) is 0.548. The normalized spacial score (nSPS) is 2.40. The maximum Gasteiger partial charge on any atom is 0.0689 e. The maximum absolute atomic E-state index is 8.25. The van der Waals surface area contributed by atoms with Crippen molar-refractivity contribution in [3.8, 4) is 0 Å². The van der Waals surface area contributed by atoms with Gasteiger partial charge in [-0.25, -0.2) is 0 Å². The van der Waals surface area contributed by atoms with E-state index in [1.807, 2.05) is 0 Å². The second-order valence-corrected chi connectivity index (χ2v) is 0.224. The molecule has 0 heterocycles. The van der Waals surface area contributed by atoms with Gasteiger partial charge in [0.25, 0.3) is 0 Å². The molecule has 0 aliphatic carbocycles. The van der Waals surface area contributed by atoms with Crippen molar-refractivity contribution in [2.24, 2.45) is 0 Å². The molecule has 0 atom stereocenters. The molecular weight excluding hydrogens is 299 g/mol. The minimum Gasteiger partial charge on any atom is -0.412 e. The average Bonchev–Trinajstić information content (AvgIpc) is 0.811. The number of hydrogen-bond acceptors (Lipinski definition) is 3. The van der Waals surface area contributed by atoms with Crippen LogP contribution in [0.25, 0.3) is 0 Å². The molecule has 10 N–H and O–H groups in total. The van der Waals surface area contributed by atoms with Gasteiger partial charge in [-0.15, -0.1) is 0 Å². The van der Waals surface area contributed by atoms with E-state index in [9.17, 15) is 0 Å². The second kappa shape index (κ2) is 58.5. The molecule has 0 bridgehead atoms. The van der Waals surface area contributed by atoms with Gasteiger partial charge >= 0.3 is 0 Å². The van der Waals surface area contributed by atoms with Crippen LogP contribution in [-0.4, -0.2) is 32.5 Å². The van der Waals surface area contributed by atoms with E-state index in [0.717, 1.165) is 0 Å². The van der Waals surface area contributed by atoms with Gasteiger partial charge in [0.15, 0.2) is 0 Å². The van der Waals surface area contributed by atoms with E-state index in [2.05, 4.69) is 0 Å². The second-order valence-electron chi connectivity index (χ2n) is 0.224. The van der Waals surface area contributed by atoms with E-state index >= 15 is 0 Å². The summed E-state index contributed by atoms with van der Waals surface area (Å²) in [6.45, 7) is 0. The largest absolute Gasteiger partial charge is 0.412 e. The van der Waals surface area contributed by atoms with E-state index in [1.165, 1.54) is 0 Å². The Hall–Kier alpha value is 0.325. The zero-order valence-electron chi connectivity index (χ0n) is 4.53. The van der Waals surface area contributed by atoms with Crippen LogP contribution in [0.1, 0.15) is 0 Å². The van der Waals surface area contributed by atoms with Crippen molar-refractivity contribution >= 4 is 0 Å². The summed E-state index contributed by atoms with van der Waals surface area (Å²) >= 11 is 0. The predicted molar refractivity (Wildman–Crippen MR) is 28.4 cm³/mol. The molecule has 0 unspecified atom stereocenters. The summed E-state index contributed by atoms with van der Waals surface area (Å²) < 4.78 is 0. The van der Waals surface area contributed by atoms with Crippen LogP contribution in [0.2, 0.25) is 0 Å². The summed E-state index contributed by atoms with van der Waals surface area (Å²) in [5.74, 6) is 0. The van der Waals surface area contributed by atoms with Crippen LogP contribution in [0, 0.1) is 55.3 Å². The van der Waals surface area contributed by atoms with Gasteiger partial charge < -0.3 is 42.7 Å². The van der Waals surface area contributed by atoms with Gasteiger partial charge in [0, 0.05) is 39.9 Å². The molecular formula is H10GdNO8-. The molecule has 9 nitrogen and oxygen atoms in total. The van der Waals surface area contributed by atoms with Crippen LogP contribution in [0.5, 0.6) is 0 Å². The number of rotatable bonds is 0. The van der Waals surface area contributed by atoms with Crippen LogP contribution in [0.3, 0.4) is 0 Å². The fourth-order valence-corrected chi connectivity index (χ4v) is 0. The fourth-order valence-electron chi connectivity index (χ4n) is 0. The monoisotopic (exact) mass is 310 g/mol. The molecule has 10 heavy (non-hydrogen) atoms. The Bertz CT molecular complexity index is 32.2. The van der Waals surface area contributed by atoms with Gasteiger partial charge in [-0.1, -0.05) is 0 Å². The minimum atomic E-state index is -1.75. The molecule has 0 aromatic heterocycles. The van der Waals surface area contributed by atoms with Crippen LogP contribution in [0.15, 0.2) is 0 Å². The third-order valence-electron chi connectivity index (χ3n) is 0. The summed E-state index contributed by atoms with van der Waals surface area (Å²) in [6.07, 6.45) is 0. The fraction of sp³-hybridized carbons (Fsp3) is 0. The summed E-state index contributed by atoms with van der Waals surface area (Å²) in [5.41, 5.74) is 0. The standard InChI is InChI=1S/Gd.NO3.5H2O/c;2-1(3)4;;;;;/h;;5*1H2/q;-1;;;;;. The number of hydrogen-bond donors (Lipinski definition) is 0. The Morgan fingerprint density at radius 3 is 0.800 bits per heavy atom. The Morgan fingerprint density at radius 2 is 0.800 bits per heavy atom. The maximum atomic E-state index is 8.25. The van der Waals surface area contributed by atoms with Crippen LogP contribution in [0.4, 0.5) is 0 Å². The van der Waals surface area contributed by atoms with E-state index < -0.39 is 5.09 Å². The molecule has 0 saturated carbocycles. The van der Waals surface area contributed by atoms with Crippen molar-refractivity contribution in [1.82, 2.24) is 0 Å². The molecule has 0 spiro atoms. The van der Waals surface area contributed by atoms with Crippen LogP contribution >= 0.6 is 0 Å². The molecule has 0 aliphatic rings. The molecule has 0 aromatic carbocycles. The van der Waals surface area contributed by atoms with Gasteiger partial charge in [0.2, 0.25) is 0 Å². The first-order chi connectivity index (χ1) is 1.73. The van der Waals surface area contributed by atoms with Gasteiger partial charge in [-0.3, -0.25) is 0 Å². The van der Waals surface area contributed by atoms with E-state index in [4.69, 9.17) is 15.3 Å². The average molecular weight is 309 g/mol. The molecule has 0 saturated heterocycles. The smallest absolute Gasteiger partial charge is 0.0689 e. The summed E-state index contributed by atoms with van der Waals surface area (Å²) in [6, 6.07) is 0. The first-order valence-corrected chi connectivity index (χ1v) is 0.548. The zero-order valence-corrected chi connectivity index (χ0v) is 6.79. The molecule has 0 aliphatic heterocycles. The molecule has 0 rings (SSSR count). The molecule has 0 aromatic rings. The SMILES string of the molecule is O.O.O.O.O.O=[N+]([O-])[O-].[Gd]. The molecule has 0 fully saturated rings. The van der Waals surface area contributed by atoms with Crippen molar-refractivity contribution in [2.75, 3.05) is 0 Å². The van der Waals surface area contributed by atoms with Crippen molar-refractivity contribution in [3.05, 3.63) is 15.3 Å². The predicted octanol–water partition coefficient (Wildman–Crippen LogP) is -4.36. The minimum absolute atomic E-state index is 0. The third-order valence-corrected chi connectivity index (χ3v) is 0. The van der Waals surface area contributed by atoms with E-state index in [1.54, 1.807) is 0 Å². The summed E-state index contributed by atoms with van der Waals surface area (Å²) in [4.78, 5) is 8.25. The first kappa shape index (κ1) is 81.2. The molecule has 0 radical (unpaired) electrons. The zero-order chi connectivity index (χ0) is 3.58. The van der Waals surface area contributed by atoms with Crippen molar-refractivity contribution < 1.29 is 72.4 Å². The van der Waals surface area contributed by atoms with Gasteiger partial charge in [-0.05, 0) is 0 Å². The molecule has 0 amide bonds. The third kappa shape index (κ3) is 4240. The van der Waals surface area contributed by atoms with E-state index in [0.29, 0.717) is 0 Å². The summed E-state index contributed by atoms with van der Waals surface area (Å²) in [7, 11) is 0. The van der Waals surface area contributed by atoms with Crippen LogP contribution < -0.4 is 0 Å².